The lowest BCUT2D eigenvalue weighted by atomic mass is 10.0. The van der Waals surface area contributed by atoms with Crippen molar-refractivity contribution >= 4 is 5.78 Å². The highest BCUT2D eigenvalue weighted by Gasteiger charge is 2.40. The largest absolute Gasteiger partial charge is 0.464 e. The Balaban J connectivity index is 2.12. The van der Waals surface area contributed by atoms with Gasteiger partial charge >= 0.3 is 18.0 Å². The van der Waals surface area contributed by atoms with Crippen molar-refractivity contribution in [1.29, 1.82) is 0 Å². The van der Waals surface area contributed by atoms with E-state index in [0.717, 1.165) is 0 Å². The Kier molecular flexibility index (Phi) is 6.74. The molecule has 3 N–H and O–H groups in total. The molecule has 0 saturated carbocycles. The molecule has 3 aromatic rings. The van der Waals surface area contributed by atoms with Crippen LogP contribution in [0.4, 0.5) is 30.7 Å². The number of nitrogens with zero attached hydrogens (tertiary/aromatic N) is 4. The summed E-state index contributed by atoms with van der Waals surface area (Å²) < 4.78 is 98.6. The molecule has 0 aliphatic carbocycles. The average Bonchev–Trinajstić information content (AvgIpc) is 3.30. The summed E-state index contributed by atoms with van der Waals surface area (Å²) in [7, 11) is 0. The summed E-state index contributed by atoms with van der Waals surface area (Å²) in [5.74, 6) is -5.13. The molecule has 0 aliphatic heterocycles. The number of ether oxygens (including phenoxy) is 1. The lowest BCUT2D eigenvalue weighted by Gasteiger charge is -2.19. The van der Waals surface area contributed by atoms with Crippen molar-refractivity contribution in [2.45, 2.75) is 45.3 Å². The average molecular weight is 512 g/mol. The number of aromatic nitrogens is 6. The first-order valence-corrected chi connectivity index (χ1v) is 9.51. The van der Waals surface area contributed by atoms with Crippen LogP contribution >= 0.6 is 0 Å². The maximum Gasteiger partial charge on any atom is 0.435 e. The Morgan fingerprint density at radius 3 is 2.46 bits per heavy atom. The molecule has 3 heterocycles. The maximum atomic E-state index is 14.8. The normalized spacial score (nSPS) is 13.2. The van der Waals surface area contributed by atoms with E-state index in [1.165, 1.54) is 6.92 Å². The lowest BCUT2D eigenvalue weighted by molar-refractivity contribution is -0.190. The minimum Gasteiger partial charge on any atom is -0.464 e. The molecule has 35 heavy (non-hydrogen) atoms. The van der Waals surface area contributed by atoms with Crippen LogP contribution in [0.15, 0.2) is 10.9 Å². The molecule has 0 spiro atoms. The molecule has 0 fully saturated rings. The number of rotatable bonds is 7. The van der Waals surface area contributed by atoms with Crippen molar-refractivity contribution in [2.24, 2.45) is 0 Å². The van der Waals surface area contributed by atoms with Gasteiger partial charge in [0.05, 0.1) is 5.56 Å². The summed E-state index contributed by atoms with van der Waals surface area (Å²) >= 11 is 0. The zero-order chi connectivity index (χ0) is 26.3. The topological polar surface area (TPSA) is 139 Å². The number of aryl methyl sites for hydroxylation is 1. The Hall–Kier alpha value is -3.76. The van der Waals surface area contributed by atoms with E-state index >= 15 is 0 Å². The minimum atomic E-state index is -4.96. The summed E-state index contributed by atoms with van der Waals surface area (Å²) in [6.45, 7) is 0.949. The molecular weight excluding hydrogens is 497 g/mol. The standard InChI is InChI=1S/C18H15F7N6O4/c1-6-8(13(29-28-6)18(23,24)25)4-11(33)9-3-10(19)14(31-16(34)26-12(5-32)30-31)27-15(9)35-7(2)17(20,21)22/h3,7,32H,4-5H2,1-2H3,(H,28,29)(H,26,30,34)/t7-/m0/s1. The highest BCUT2D eigenvalue weighted by molar-refractivity contribution is 5.99. The van der Waals surface area contributed by atoms with Gasteiger partial charge in [0.15, 0.2) is 35.0 Å². The van der Waals surface area contributed by atoms with Crippen LogP contribution < -0.4 is 10.4 Å². The Morgan fingerprint density at radius 1 is 1.26 bits per heavy atom. The van der Waals surface area contributed by atoms with Gasteiger partial charge < -0.3 is 9.84 Å². The van der Waals surface area contributed by atoms with Crippen LogP contribution in [0.3, 0.4) is 0 Å². The highest BCUT2D eigenvalue weighted by Crippen LogP contribution is 2.33. The van der Waals surface area contributed by atoms with Gasteiger partial charge in [-0.1, -0.05) is 0 Å². The number of ketones is 1. The molecule has 17 heteroatoms. The van der Waals surface area contributed by atoms with E-state index in [1.54, 1.807) is 0 Å². The third-order valence-corrected chi connectivity index (χ3v) is 4.67. The Bertz CT molecular complexity index is 1310. The number of aliphatic hydroxyl groups is 1. The van der Waals surface area contributed by atoms with Gasteiger partial charge in [-0.05, 0) is 19.9 Å². The fourth-order valence-electron chi connectivity index (χ4n) is 2.88. The van der Waals surface area contributed by atoms with Gasteiger partial charge in [0.2, 0.25) is 5.88 Å². The summed E-state index contributed by atoms with van der Waals surface area (Å²) in [6, 6.07) is 0.367. The van der Waals surface area contributed by atoms with Crippen LogP contribution in [0.25, 0.3) is 5.82 Å². The first-order chi connectivity index (χ1) is 16.1. The SMILES string of the molecule is Cc1[nH]nc(C(F)(F)F)c1CC(=O)c1cc(F)c(-n2nc(CO)[nH]c2=O)nc1O[C@@H](C)C(F)(F)F. The van der Waals surface area contributed by atoms with Gasteiger partial charge in [-0.3, -0.25) is 14.9 Å². The predicted octanol–water partition coefficient (Wildman–Crippen LogP) is 2.39. The lowest BCUT2D eigenvalue weighted by Crippen LogP contribution is -2.32. The number of alkyl halides is 6. The van der Waals surface area contributed by atoms with E-state index in [0.29, 0.717) is 13.0 Å². The van der Waals surface area contributed by atoms with Crippen LogP contribution in [0.2, 0.25) is 0 Å². The molecule has 190 valence electrons. The van der Waals surface area contributed by atoms with Crippen LogP contribution in [-0.4, -0.2) is 53.1 Å². The fraction of sp³-hybridized carbons (Fsp3) is 0.389. The molecule has 0 radical (unpaired) electrons. The molecule has 0 amide bonds. The quantitative estimate of drug-likeness (QED) is 0.326. The second kappa shape index (κ2) is 9.12. The van der Waals surface area contributed by atoms with Crippen molar-refractivity contribution in [3.05, 3.63) is 50.7 Å². The number of aliphatic hydroxyl groups excluding tert-OH is 1. The number of Topliss-reactive ketones (excluding diaryl/α,β-unsaturated/α-hetero) is 1. The second-order valence-electron chi connectivity index (χ2n) is 7.17. The predicted molar refractivity (Wildman–Crippen MR) is 100 cm³/mol. The van der Waals surface area contributed by atoms with Gasteiger partial charge in [0.1, 0.15) is 6.61 Å². The number of aromatic amines is 2. The van der Waals surface area contributed by atoms with Crippen LogP contribution in [0, 0.1) is 12.7 Å². The van der Waals surface area contributed by atoms with Gasteiger partial charge in [0.25, 0.3) is 0 Å². The number of carbonyl (C=O) groups excluding carboxylic acids is 1. The Labute approximate surface area is 189 Å². The second-order valence-corrected chi connectivity index (χ2v) is 7.17. The van der Waals surface area contributed by atoms with Crippen molar-refractivity contribution in [3.8, 4) is 11.7 Å². The van der Waals surface area contributed by atoms with Crippen molar-refractivity contribution in [2.75, 3.05) is 0 Å². The molecule has 3 aromatic heterocycles. The van der Waals surface area contributed by atoms with E-state index in [4.69, 9.17) is 9.84 Å². The molecule has 0 saturated heterocycles. The van der Waals surface area contributed by atoms with E-state index < -0.39 is 77.3 Å². The molecule has 3 rings (SSSR count). The van der Waals surface area contributed by atoms with Crippen molar-refractivity contribution in [1.82, 2.24) is 29.9 Å². The van der Waals surface area contributed by atoms with Crippen molar-refractivity contribution < 1.29 is 45.4 Å². The summed E-state index contributed by atoms with van der Waals surface area (Å²) in [6.07, 6.45) is -13.5. The van der Waals surface area contributed by atoms with E-state index in [-0.39, 0.29) is 16.2 Å². The zero-order valence-corrected chi connectivity index (χ0v) is 17.7. The fourth-order valence-corrected chi connectivity index (χ4v) is 2.88. The number of pyridine rings is 1. The minimum absolute atomic E-state index is 0.151. The molecule has 0 aromatic carbocycles. The van der Waals surface area contributed by atoms with Crippen LogP contribution in [-0.2, 0) is 19.2 Å². The van der Waals surface area contributed by atoms with Gasteiger partial charge in [-0.2, -0.15) is 41.1 Å². The molecule has 0 unspecified atom stereocenters. The molecular formula is C18H15F7N6O4. The monoisotopic (exact) mass is 512 g/mol. The number of carbonyl (C=O) groups is 1. The van der Waals surface area contributed by atoms with Gasteiger partial charge in [0, 0.05) is 17.7 Å². The Morgan fingerprint density at radius 2 is 1.91 bits per heavy atom. The highest BCUT2D eigenvalue weighted by atomic mass is 19.4. The maximum absolute atomic E-state index is 14.8. The number of hydrogen-bond donors (Lipinski definition) is 3. The number of nitrogens with one attached hydrogen (secondary N) is 2. The van der Waals surface area contributed by atoms with Crippen LogP contribution in [0.1, 0.15) is 40.1 Å². The van der Waals surface area contributed by atoms with E-state index in [1.807, 2.05) is 4.98 Å². The zero-order valence-electron chi connectivity index (χ0n) is 17.7. The third kappa shape index (κ3) is 5.33. The third-order valence-electron chi connectivity index (χ3n) is 4.67. The van der Waals surface area contributed by atoms with Crippen molar-refractivity contribution in [3.63, 3.8) is 0 Å². The molecule has 1 atom stereocenters. The van der Waals surface area contributed by atoms with E-state index in [2.05, 4.69) is 20.3 Å². The van der Waals surface area contributed by atoms with Crippen LogP contribution in [0.5, 0.6) is 5.88 Å². The molecule has 10 nitrogen and oxygen atoms in total. The molecule has 0 bridgehead atoms. The van der Waals surface area contributed by atoms with E-state index in [9.17, 15) is 40.3 Å². The summed E-state index contributed by atoms with van der Waals surface area (Å²) in [5, 5.41) is 17.7. The number of halogens is 7. The molecule has 0 aliphatic rings. The summed E-state index contributed by atoms with van der Waals surface area (Å²) in [4.78, 5) is 30.3. The number of H-pyrrole nitrogens is 2. The smallest absolute Gasteiger partial charge is 0.435 e. The van der Waals surface area contributed by atoms with Gasteiger partial charge in [-0.25, -0.2) is 9.18 Å². The summed E-state index contributed by atoms with van der Waals surface area (Å²) in [5.41, 5.74) is -4.24. The first-order valence-electron chi connectivity index (χ1n) is 9.51. The first kappa shape index (κ1) is 25.9. The van der Waals surface area contributed by atoms with Gasteiger partial charge in [-0.15, -0.1) is 5.10 Å². The number of hydrogen-bond acceptors (Lipinski definition) is 7.